The molecule has 4 rings (SSSR count). The summed E-state index contributed by atoms with van der Waals surface area (Å²) in [5.41, 5.74) is 2.60. The first-order valence-electron chi connectivity index (χ1n) is 10.3. The van der Waals surface area contributed by atoms with Crippen LogP contribution in [-0.2, 0) is 13.1 Å². The third kappa shape index (κ3) is 5.03. The predicted molar refractivity (Wildman–Crippen MR) is 116 cm³/mol. The molecule has 0 spiro atoms. The lowest BCUT2D eigenvalue weighted by atomic mass is 10.1. The molecule has 1 fully saturated rings. The highest BCUT2D eigenvalue weighted by atomic mass is 16.5. The number of piperazine rings is 1. The smallest absolute Gasteiger partial charge is 0.276 e. The maximum atomic E-state index is 12.9. The van der Waals surface area contributed by atoms with Gasteiger partial charge in [-0.1, -0.05) is 35.5 Å². The highest BCUT2D eigenvalue weighted by Crippen LogP contribution is 2.20. The molecule has 3 aromatic rings. The number of benzene rings is 2. The van der Waals surface area contributed by atoms with E-state index in [1.807, 2.05) is 47.4 Å². The number of carbonyl (C=O) groups excluding carboxylic acids is 1. The van der Waals surface area contributed by atoms with E-state index in [1.54, 1.807) is 25.1 Å². The first-order chi connectivity index (χ1) is 15.2. The number of carbonyl (C=O) groups is 1. The third-order valence-corrected chi connectivity index (χ3v) is 5.51. The monoisotopic (exact) mass is 421 g/mol. The van der Waals surface area contributed by atoms with Gasteiger partial charge in [-0.3, -0.25) is 9.69 Å². The highest BCUT2D eigenvalue weighted by Gasteiger charge is 2.24. The molecule has 8 heteroatoms. The molecule has 1 amide bonds. The number of hydrogen-bond donors (Lipinski definition) is 0. The molecule has 0 saturated carbocycles. The van der Waals surface area contributed by atoms with E-state index >= 15 is 0 Å². The lowest BCUT2D eigenvalue weighted by Gasteiger charge is -2.34. The SMILES string of the molecule is COc1ccc(Cn2cc(C(=O)N3CCN(Cc4ccccc4OC)CC3)nn2)cc1. The zero-order valence-electron chi connectivity index (χ0n) is 17.9. The fourth-order valence-corrected chi connectivity index (χ4v) is 3.74. The maximum Gasteiger partial charge on any atom is 0.276 e. The van der Waals surface area contributed by atoms with Gasteiger partial charge in [0.15, 0.2) is 5.69 Å². The molecule has 0 radical (unpaired) electrons. The summed E-state index contributed by atoms with van der Waals surface area (Å²) in [4.78, 5) is 17.1. The second-order valence-corrected chi connectivity index (χ2v) is 7.53. The minimum absolute atomic E-state index is 0.0714. The normalized spacial score (nSPS) is 14.5. The molecule has 1 aliphatic heterocycles. The molecule has 2 aromatic carbocycles. The van der Waals surface area contributed by atoms with Crippen LogP contribution in [0.4, 0.5) is 0 Å². The lowest BCUT2D eigenvalue weighted by molar-refractivity contribution is 0.0621. The molecule has 0 aliphatic carbocycles. The van der Waals surface area contributed by atoms with Gasteiger partial charge < -0.3 is 14.4 Å². The Hall–Kier alpha value is -3.39. The molecule has 2 heterocycles. The third-order valence-electron chi connectivity index (χ3n) is 5.51. The molecule has 0 atom stereocenters. The largest absolute Gasteiger partial charge is 0.497 e. The van der Waals surface area contributed by atoms with E-state index in [0.717, 1.165) is 42.3 Å². The first-order valence-corrected chi connectivity index (χ1v) is 10.3. The van der Waals surface area contributed by atoms with Crippen LogP contribution in [0.3, 0.4) is 0 Å². The minimum Gasteiger partial charge on any atom is -0.497 e. The summed E-state index contributed by atoms with van der Waals surface area (Å²) in [6.07, 6.45) is 1.72. The summed E-state index contributed by atoms with van der Waals surface area (Å²) in [5.74, 6) is 1.63. The van der Waals surface area contributed by atoms with Crippen LogP contribution in [0.15, 0.2) is 54.7 Å². The summed E-state index contributed by atoms with van der Waals surface area (Å²) in [5, 5.41) is 8.22. The van der Waals surface area contributed by atoms with Crippen molar-refractivity contribution < 1.29 is 14.3 Å². The van der Waals surface area contributed by atoms with E-state index in [4.69, 9.17) is 9.47 Å². The Morgan fingerprint density at radius 1 is 0.935 bits per heavy atom. The second kappa shape index (κ2) is 9.61. The van der Waals surface area contributed by atoms with Gasteiger partial charge in [0.05, 0.1) is 27.0 Å². The molecular formula is C23H27N5O3. The van der Waals surface area contributed by atoms with Gasteiger partial charge >= 0.3 is 0 Å². The Bertz CT molecular complexity index is 1010. The molecule has 162 valence electrons. The van der Waals surface area contributed by atoms with Crippen molar-refractivity contribution in [3.05, 3.63) is 71.5 Å². The lowest BCUT2D eigenvalue weighted by Crippen LogP contribution is -2.48. The van der Waals surface area contributed by atoms with Crippen molar-refractivity contribution >= 4 is 5.91 Å². The van der Waals surface area contributed by atoms with E-state index < -0.39 is 0 Å². The number of rotatable bonds is 7. The van der Waals surface area contributed by atoms with Gasteiger partial charge in [0.2, 0.25) is 0 Å². The molecule has 31 heavy (non-hydrogen) atoms. The minimum atomic E-state index is -0.0714. The van der Waals surface area contributed by atoms with Gasteiger partial charge in [-0.25, -0.2) is 4.68 Å². The molecule has 8 nitrogen and oxygen atoms in total. The van der Waals surface area contributed by atoms with Crippen molar-refractivity contribution in [3.8, 4) is 11.5 Å². The van der Waals surface area contributed by atoms with Crippen LogP contribution >= 0.6 is 0 Å². The highest BCUT2D eigenvalue weighted by molar-refractivity contribution is 5.92. The van der Waals surface area contributed by atoms with Crippen molar-refractivity contribution in [3.63, 3.8) is 0 Å². The summed E-state index contributed by atoms with van der Waals surface area (Å²) < 4.78 is 12.3. The maximum absolute atomic E-state index is 12.9. The van der Waals surface area contributed by atoms with Crippen molar-refractivity contribution in [2.45, 2.75) is 13.1 Å². The fourth-order valence-electron chi connectivity index (χ4n) is 3.74. The van der Waals surface area contributed by atoms with Gasteiger partial charge in [-0.05, 0) is 23.8 Å². The number of nitrogens with zero attached hydrogens (tertiary/aromatic N) is 5. The van der Waals surface area contributed by atoms with E-state index in [0.29, 0.717) is 25.3 Å². The summed E-state index contributed by atoms with van der Waals surface area (Å²) in [6.45, 7) is 4.31. The van der Waals surface area contributed by atoms with E-state index in [9.17, 15) is 4.79 Å². The number of para-hydroxylation sites is 1. The number of methoxy groups -OCH3 is 2. The van der Waals surface area contributed by atoms with E-state index in [2.05, 4.69) is 21.3 Å². The average Bonchev–Trinajstić information content (AvgIpc) is 3.28. The average molecular weight is 422 g/mol. The number of aromatic nitrogens is 3. The van der Waals surface area contributed by atoms with Crippen LogP contribution in [0.1, 0.15) is 21.6 Å². The van der Waals surface area contributed by atoms with Crippen LogP contribution in [0.5, 0.6) is 11.5 Å². The Morgan fingerprint density at radius 2 is 1.68 bits per heavy atom. The zero-order valence-corrected chi connectivity index (χ0v) is 17.9. The Kier molecular flexibility index (Phi) is 6.47. The zero-order chi connectivity index (χ0) is 21.6. The quantitative estimate of drug-likeness (QED) is 0.583. The van der Waals surface area contributed by atoms with Crippen molar-refractivity contribution in [1.29, 1.82) is 0 Å². The topological polar surface area (TPSA) is 72.7 Å². The standard InChI is InChI=1S/C23H27N5O3/c1-30-20-9-7-18(8-10-20)15-28-17-21(24-25-28)23(29)27-13-11-26(12-14-27)16-19-5-3-4-6-22(19)31-2/h3-10,17H,11-16H2,1-2H3. The van der Waals surface area contributed by atoms with Crippen molar-refractivity contribution in [2.75, 3.05) is 40.4 Å². The van der Waals surface area contributed by atoms with Crippen LogP contribution in [0.25, 0.3) is 0 Å². The molecule has 0 N–H and O–H groups in total. The Balaban J connectivity index is 1.31. The van der Waals surface area contributed by atoms with Crippen LogP contribution in [-0.4, -0.2) is 71.1 Å². The van der Waals surface area contributed by atoms with Crippen LogP contribution in [0.2, 0.25) is 0 Å². The predicted octanol–water partition coefficient (Wildman–Crippen LogP) is 2.30. The molecule has 1 aliphatic rings. The van der Waals surface area contributed by atoms with Crippen molar-refractivity contribution in [2.24, 2.45) is 0 Å². The van der Waals surface area contributed by atoms with Crippen molar-refractivity contribution in [1.82, 2.24) is 24.8 Å². The summed E-state index contributed by atoms with van der Waals surface area (Å²) in [7, 11) is 3.33. The summed E-state index contributed by atoms with van der Waals surface area (Å²) in [6, 6.07) is 15.8. The van der Waals surface area contributed by atoms with Gasteiger partial charge in [0.1, 0.15) is 11.5 Å². The van der Waals surface area contributed by atoms with Gasteiger partial charge in [-0.15, -0.1) is 5.10 Å². The number of ether oxygens (including phenoxy) is 2. The fraction of sp³-hybridized carbons (Fsp3) is 0.348. The Morgan fingerprint density at radius 3 is 2.39 bits per heavy atom. The molecule has 1 aromatic heterocycles. The van der Waals surface area contributed by atoms with Gasteiger partial charge in [-0.2, -0.15) is 0 Å². The van der Waals surface area contributed by atoms with E-state index in [1.165, 1.54) is 0 Å². The molecule has 0 bridgehead atoms. The molecule has 1 saturated heterocycles. The van der Waals surface area contributed by atoms with Gasteiger partial charge in [0.25, 0.3) is 5.91 Å². The second-order valence-electron chi connectivity index (χ2n) is 7.53. The van der Waals surface area contributed by atoms with Crippen LogP contribution in [0, 0.1) is 0 Å². The molecular weight excluding hydrogens is 394 g/mol. The molecule has 0 unspecified atom stereocenters. The van der Waals surface area contributed by atoms with Gasteiger partial charge in [0, 0.05) is 38.3 Å². The van der Waals surface area contributed by atoms with E-state index in [-0.39, 0.29) is 5.91 Å². The summed E-state index contributed by atoms with van der Waals surface area (Å²) >= 11 is 0. The number of amides is 1. The Labute approximate surface area is 182 Å². The number of hydrogen-bond acceptors (Lipinski definition) is 6. The van der Waals surface area contributed by atoms with Crippen LogP contribution < -0.4 is 9.47 Å². The first kappa shape index (κ1) is 20.9.